The van der Waals surface area contributed by atoms with Crippen LogP contribution in [0.4, 0.5) is 5.88 Å². The maximum atomic E-state index is 6.36. The average Bonchev–Trinajstić information content (AvgIpc) is 3.46. The van der Waals surface area contributed by atoms with Crippen molar-refractivity contribution in [3.05, 3.63) is 53.9 Å². The van der Waals surface area contributed by atoms with Gasteiger partial charge in [0.1, 0.15) is 23.7 Å². The number of hydrogen-bond acceptors (Lipinski definition) is 7. The summed E-state index contributed by atoms with van der Waals surface area (Å²) >= 11 is 1.64. The van der Waals surface area contributed by atoms with Crippen LogP contribution in [0, 0.1) is 0 Å². The molecule has 7 heteroatoms. The normalized spacial score (nSPS) is 14.7. The quantitative estimate of drug-likeness (QED) is 0.421. The largest absolute Gasteiger partial charge is 0.497 e. The SMILES string of the molecule is COc1ccc(-c2cc(OCCN3CCOCC3)c3c(-c4cccs4)c(N)oc3c2)cc1. The van der Waals surface area contributed by atoms with Crippen LogP contribution in [0.25, 0.3) is 32.5 Å². The van der Waals surface area contributed by atoms with Crippen molar-refractivity contribution in [2.75, 3.05) is 52.3 Å². The van der Waals surface area contributed by atoms with Gasteiger partial charge in [-0.15, -0.1) is 11.3 Å². The number of methoxy groups -OCH3 is 1. The molecule has 1 aliphatic heterocycles. The van der Waals surface area contributed by atoms with Gasteiger partial charge in [0.2, 0.25) is 5.88 Å². The Morgan fingerprint density at radius 1 is 1.06 bits per heavy atom. The molecule has 0 bridgehead atoms. The highest BCUT2D eigenvalue weighted by Crippen LogP contribution is 2.45. The summed E-state index contributed by atoms with van der Waals surface area (Å²) in [6, 6.07) is 16.1. The second-order valence-corrected chi connectivity index (χ2v) is 8.64. The Kier molecular flexibility index (Phi) is 6.03. The predicted molar refractivity (Wildman–Crippen MR) is 129 cm³/mol. The van der Waals surface area contributed by atoms with E-state index in [0.29, 0.717) is 12.5 Å². The van der Waals surface area contributed by atoms with E-state index in [1.54, 1.807) is 18.4 Å². The van der Waals surface area contributed by atoms with Crippen LogP contribution in [-0.2, 0) is 4.74 Å². The summed E-state index contributed by atoms with van der Waals surface area (Å²) in [4.78, 5) is 3.43. The van der Waals surface area contributed by atoms with Gasteiger partial charge in [0.25, 0.3) is 0 Å². The third kappa shape index (κ3) is 4.19. The van der Waals surface area contributed by atoms with Gasteiger partial charge in [-0.3, -0.25) is 4.90 Å². The number of ether oxygens (including phenoxy) is 3. The van der Waals surface area contributed by atoms with Gasteiger partial charge in [-0.2, -0.15) is 0 Å². The van der Waals surface area contributed by atoms with E-state index in [1.165, 1.54) is 0 Å². The highest BCUT2D eigenvalue weighted by molar-refractivity contribution is 7.13. The third-order valence-corrected chi connectivity index (χ3v) is 6.63. The molecule has 166 valence electrons. The average molecular weight is 451 g/mol. The van der Waals surface area contributed by atoms with Crippen molar-refractivity contribution in [2.24, 2.45) is 0 Å². The summed E-state index contributed by atoms with van der Waals surface area (Å²) in [6.07, 6.45) is 0. The Hall–Kier alpha value is -3.00. The fourth-order valence-electron chi connectivity index (χ4n) is 4.05. The summed E-state index contributed by atoms with van der Waals surface area (Å²) in [5.41, 5.74) is 10.0. The maximum absolute atomic E-state index is 6.36. The van der Waals surface area contributed by atoms with Crippen LogP contribution < -0.4 is 15.2 Å². The number of morpholine rings is 1. The van der Waals surface area contributed by atoms with Crippen LogP contribution in [0.5, 0.6) is 11.5 Å². The molecule has 1 saturated heterocycles. The monoisotopic (exact) mass is 450 g/mol. The number of benzene rings is 2. The van der Waals surface area contributed by atoms with Crippen LogP contribution in [-0.4, -0.2) is 51.5 Å². The first kappa shape index (κ1) is 20.9. The van der Waals surface area contributed by atoms with Crippen molar-refractivity contribution in [1.82, 2.24) is 4.90 Å². The van der Waals surface area contributed by atoms with Crippen molar-refractivity contribution < 1.29 is 18.6 Å². The Morgan fingerprint density at radius 3 is 2.59 bits per heavy atom. The molecule has 32 heavy (non-hydrogen) atoms. The second-order valence-electron chi connectivity index (χ2n) is 7.70. The third-order valence-electron chi connectivity index (χ3n) is 5.74. The van der Waals surface area contributed by atoms with E-state index >= 15 is 0 Å². The van der Waals surface area contributed by atoms with E-state index < -0.39 is 0 Å². The lowest BCUT2D eigenvalue weighted by molar-refractivity contribution is 0.0323. The molecule has 0 aliphatic carbocycles. The summed E-state index contributed by atoms with van der Waals surface area (Å²) in [6.45, 7) is 4.85. The topological polar surface area (TPSA) is 70.1 Å². The molecule has 0 unspecified atom stereocenters. The molecule has 0 amide bonds. The zero-order valence-electron chi connectivity index (χ0n) is 18.0. The van der Waals surface area contributed by atoms with Gasteiger partial charge in [0.05, 0.1) is 31.3 Å². The highest BCUT2D eigenvalue weighted by atomic mass is 32.1. The summed E-state index contributed by atoms with van der Waals surface area (Å²) < 4.78 is 23.1. The lowest BCUT2D eigenvalue weighted by Crippen LogP contribution is -2.38. The fraction of sp³-hybridized carbons (Fsp3) is 0.280. The van der Waals surface area contributed by atoms with Gasteiger partial charge in [-0.25, -0.2) is 0 Å². The number of thiophene rings is 1. The number of hydrogen-bond donors (Lipinski definition) is 1. The molecule has 1 aliphatic rings. The number of nitrogens with zero attached hydrogens (tertiary/aromatic N) is 1. The molecular weight excluding hydrogens is 424 g/mol. The molecule has 4 aromatic rings. The van der Waals surface area contributed by atoms with Gasteiger partial charge in [-0.1, -0.05) is 18.2 Å². The lowest BCUT2D eigenvalue weighted by Gasteiger charge is -2.26. The first-order valence-electron chi connectivity index (χ1n) is 10.7. The maximum Gasteiger partial charge on any atom is 0.200 e. The molecule has 0 atom stereocenters. The molecule has 5 rings (SSSR count). The van der Waals surface area contributed by atoms with Crippen molar-refractivity contribution in [3.63, 3.8) is 0 Å². The van der Waals surface area contributed by atoms with E-state index in [2.05, 4.69) is 17.0 Å². The number of furan rings is 1. The standard InChI is InChI=1S/C25H26N2O4S/c1-28-19-6-4-17(5-7-19)18-15-20(30-13-10-27-8-11-29-12-9-27)23-21(16-18)31-25(26)24(23)22-3-2-14-32-22/h2-7,14-16H,8-13,26H2,1H3. The Morgan fingerprint density at radius 2 is 1.88 bits per heavy atom. The first-order chi connectivity index (χ1) is 15.7. The molecule has 0 saturated carbocycles. The van der Waals surface area contributed by atoms with E-state index in [9.17, 15) is 0 Å². The highest BCUT2D eigenvalue weighted by Gasteiger charge is 2.21. The molecule has 1 fully saturated rings. The van der Waals surface area contributed by atoms with Crippen LogP contribution in [0.3, 0.4) is 0 Å². The molecule has 2 N–H and O–H groups in total. The van der Waals surface area contributed by atoms with Crippen LogP contribution >= 0.6 is 11.3 Å². The van der Waals surface area contributed by atoms with Crippen molar-refractivity contribution in [1.29, 1.82) is 0 Å². The van der Waals surface area contributed by atoms with Gasteiger partial charge in [-0.05, 0) is 46.8 Å². The predicted octanol–water partition coefficient (Wildman–Crippen LogP) is 5.13. The molecule has 0 radical (unpaired) electrons. The summed E-state index contributed by atoms with van der Waals surface area (Å²) in [5.74, 6) is 2.01. The number of fused-ring (bicyclic) bond motifs is 1. The van der Waals surface area contributed by atoms with E-state index in [0.717, 1.165) is 76.9 Å². The second kappa shape index (κ2) is 9.24. The van der Waals surface area contributed by atoms with Crippen LogP contribution in [0.15, 0.2) is 58.3 Å². The zero-order valence-corrected chi connectivity index (χ0v) is 18.8. The molecular formula is C25H26N2O4S. The number of anilines is 1. The Balaban J connectivity index is 1.53. The van der Waals surface area contributed by atoms with E-state index in [1.807, 2.05) is 41.8 Å². The van der Waals surface area contributed by atoms with Crippen molar-refractivity contribution >= 4 is 28.2 Å². The number of nitrogens with two attached hydrogens (primary N) is 1. The first-order valence-corrected chi connectivity index (χ1v) is 11.6. The number of nitrogen functional groups attached to an aromatic ring is 1. The minimum absolute atomic E-state index is 0.410. The minimum Gasteiger partial charge on any atom is -0.497 e. The van der Waals surface area contributed by atoms with Crippen molar-refractivity contribution in [3.8, 4) is 33.1 Å². The molecule has 2 aromatic heterocycles. The minimum atomic E-state index is 0.410. The van der Waals surface area contributed by atoms with Crippen molar-refractivity contribution in [2.45, 2.75) is 0 Å². The van der Waals surface area contributed by atoms with Gasteiger partial charge in [0.15, 0.2) is 0 Å². The van der Waals surface area contributed by atoms with E-state index in [-0.39, 0.29) is 0 Å². The van der Waals surface area contributed by atoms with Crippen LogP contribution in [0.2, 0.25) is 0 Å². The molecule has 6 nitrogen and oxygen atoms in total. The number of rotatable bonds is 7. The van der Waals surface area contributed by atoms with E-state index in [4.69, 9.17) is 24.4 Å². The molecule has 2 aromatic carbocycles. The fourth-order valence-corrected chi connectivity index (χ4v) is 4.83. The lowest BCUT2D eigenvalue weighted by atomic mass is 10.0. The zero-order chi connectivity index (χ0) is 21.9. The summed E-state index contributed by atoms with van der Waals surface area (Å²) in [5, 5.41) is 2.96. The van der Waals surface area contributed by atoms with Crippen LogP contribution in [0.1, 0.15) is 0 Å². The van der Waals surface area contributed by atoms with Gasteiger partial charge >= 0.3 is 0 Å². The smallest absolute Gasteiger partial charge is 0.200 e. The molecule has 0 spiro atoms. The Labute approximate surface area is 191 Å². The Bertz CT molecular complexity index is 1180. The molecule has 3 heterocycles. The summed E-state index contributed by atoms with van der Waals surface area (Å²) in [7, 11) is 1.67. The van der Waals surface area contributed by atoms with Gasteiger partial charge in [0, 0.05) is 24.5 Å². The van der Waals surface area contributed by atoms with Gasteiger partial charge < -0.3 is 24.4 Å².